The number of hydrogen-bond donors (Lipinski definition) is 1. The molecule has 0 amide bonds. The normalized spacial score (nSPS) is 12.8. The molecule has 0 bridgehead atoms. The van der Waals surface area contributed by atoms with E-state index in [1.54, 1.807) is 0 Å². The molecule has 0 fully saturated rings. The largest absolute Gasteiger partial charge is 0.411 e. The maximum absolute atomic E-state index is 12.0. The van der Waals surface area contributed by atoms with E-state index in [2.05, 4.69) is 30.6 Å². The molecule has 1 aromatic heterocycles. The molecule has 8 heteroatoms. The lowest BCUT2D eigenvalue weighted by Gasteiger charge is -2.21. The van der Waals surface area contributed by atoms with Gasteiger partial charge in [0, 0.05) is 11.1 Å². The third-order valence-electron chi connectivity index (χ3n) is 2.17. The van der Waals surface area contributed by atoms with Crippen LogP contribution in [0.1, 0.15) is 32.3 Å². The van der Waals surface area contributed by atoms with Gasteiger partial charge in [-0.15, -0.1) is 0 Å². The van der Waals surface area contributed by atoms with Crippen LogP contribution in [0.5, 0.6) is 0 Å². The molecule has 1 heterocycles. The van der Waals surface area contributed by atoms with Crippen molar-refractivity contribution in [1.82, 2.24) is 9.97 Å². The summed E-state index contributed by atoms with van der Waals surface area (Å²) in [7, 11) is 0. The minimum atomic E-state index is -4.35. The standard InChI is InChI=1S/C11H14BrF3N2OS/c1-10(2,3)8-7(12)9(19)17-6(16-8)4-18-5-11(13,14)15/h4-5H2,1-3H3,(H,16,17,19). The highest BCUT2D eigenvalue weighted by Crippen LogP contribution is 2.28. The van der Waals surface area contributed by atoms with Crippen LogP contribution in [-0.4, -0.2) is 22.8 Å². The Bertz CT molecular complexity index is 508. The van der Waals surface area contributed by atoms with E-state index < -0.39 is 12.8 Å². The smallest absolute Gasteiger partial charge is 0.364 e. The van der Waals surface area contributed by atoms with Gasteiger partial charge in [-0.3, -0.25) is 0 Å². The van der Waals surface area contributed by atoms with Crippen molar-refractivity contribution in [2.24, 2.45) is 0 Å². The van der Waals surface area contributed by atoms with Gasteiger partial charge in [-0.1, -0.05) is 33.0 Å². The van der Waals surface area contributed by atoms with Gasteiger partial charge >= 0.3 is 6.18 Å². The molecule has 108 valence electrons. The number of nitrogens with one attached hydrogen (secondary N) is 1. The van der Waals surface area contributed by atoms with Crippen molar-refractivity contribution in [3.63, 3.8) is 0 Å². The van der Waals surface area contributed by atoms with Crippen LogP contribution in [0.25, 0.3) is 0 Å². The first kappa shape index (κ1) is 16.6. The monoisotopic (exact) mass is 358 g/mol. The van der Waals surface area contributed by atoms with Crippen LogP contribution >= 0.6 is 28.1 Å². The molecular weight excluding hydrogens is 345 g/mol. The first-order chi connectivity index (χ1) is 8.50. The molecule has 0 aliphatic carbocycles. The van der Waals surface area contributed by atoms with E-state index in [9.17, 15) is 13.2 Å². The van der Waals surface area contributed by atoms with Gasteiger partial charge in [0.05, 0.1) is 4.47 Å². The summed E-state index contributed by atoms with van der Waals surface area (Å²) < 4.78 is 41.5. The Labute approximate surface area is 122 Å². The summed E-state index contributed by atoms with van der Waals surface area (Å²) in [4.78, 5) is 6.95. The average molecular weight is 359 g/mol. The number of halogens is 4. The summed E-state index contributed by atoms with van der Waals surface area (Å²) >= 11 is 8.40. The Hall–Kier alpha value is -0.470. The Balaban J connectivity index is 2.93. The molecule has 0 unspecified atom stereocenters. The Morgan fingerprint density at radius 2 is 1.89 bits per heavy atom. The van der Waals surface area contributed by atoms with Crippen LogP contribution in [0, 0.1) is 4.64 Å². The SMILES string of the molecule is CC(C)(C)c1[nH]c(COCC(F)(F)F)nc(=S)c1Br. The van der Waals surface area contributed by atoms with Crippen molar-refractivity contribution in [3.05, 3.63) is 20.6 Å². The average Bonchev–Trinajstić information content (AvgIpc) is 2.19. The second-order valence-corrected chi connectivity index (χ2v) is 6.22. The number of ether oxygens (including phenoxy) is 1. The molecule has 0 radical (unpaired) electrons. The van der Waals surface area contributed by atoms with Crippen molar-refractivity contribution >= 4 is 28.1 Å². The Kier molecular flexibility index (Phi) is 5.14. The lowest BCUT2D eigenvalue weighted by atomic mass is 9.92. The minimum absolute atomic E-state index is 0.242. The predicted octanol–water partition coefficient (Wildman–Crippen LogP) is 4.28. The van der Waals surface area contributed by atoms with Crippen molar-refractivity contribution in [2.75, 3.05) is 6.61 Å². The molecule has 1 rings (SSSR count). The number of hydrogen-bond acceptors (Lipinski definition) is 3. The Morgan fingerprint density at radius 1 is 1.32 bits per heavy atom. The first-order valence-electron chi connectivity index (χ1n) is 5.44. The third-order valence-corrected chi connectivity index (χ3v) is 3.50. The zero-order chi connectivity index (χ0) is 14.8. The zero-order valence-electron chi connectivity index (χ0n) is 10.7. The predicted molar refractivity (Wildman–Crippen MR) is 71.5 cm³/mol. The maximum Gasteiger partial charge on any atom is 0.411 e. The van der Waals surface area contributed by atoms with Gasteiger partial charge in [0.2, 0.25) is 0 Å². The molecule has 0 aromatic carbocycles. The van der Waals surface area contributed by atoms with Crippen molar-refractivity contribution in [1.29, 1.82) is 0 Å². The number of aromatic amines is 1. The van der Waals surface area contributed by atoms with Gasteiger partial charge in [0.25, 0.3) is 0 Å². The van der Waals surface area contributed by atoms with E-state index in [0.29, 0.717) is 9.11 Å². The van der Waals surface area contributed by atoms with Gasteiger partial charge in [0.1, 0.15) is 23.7 Å². The fraction of sp³-hybridized carbons (Fsp3) is 0.636. The highest BCUT2D eigenvalue weighted by molar-refractivity contribution is 9.10. The molecule has 0 aliphatic heterocycles. The van der Waals surface area contributed by atoms with Crippen LogP contribution in [0.3, 0.4) is 0 Å². The summed E-state index contributed by atoms with van der Waals surface area (Å²) in [5, 5.41) is 0. The minimum Gasteiger partial charge on any atom is -0.364 e. The number of aromatic nitrogens is 2. The molecule has 0 saturated carbocycles. The summed E-state index contributed by atoms with van der Waals surface area (Å²) in [6.45, 7) is 4.30. The lowest BCUT2D eigenvalue weighted by Crippen LogP contribution is -2.19. The summed E-state index contributed by atoms with van der Waals surface area (Å²) in [5.74, 6) is 0.280. The lowest BCUT2D eigenvalue weighted by molar-refractivity contribution is -0.177. The summed E-state index contributed by atoms with van der Waals surface area (Å²) in [5.41, 5.74) is 0.534. The van der Waals surface area contributed by atoms with E-state index in [1.165, 1.54) is 0 Å². The molecule has 1 N–H and O–H groups in total. The van der Waals surface area contributed by atoms with Crippen LogP contribution in [0.4, 0.5) is 13.2 Å². The van der Waals surface area contributed by atoms with Crippen molar-refractivity contribution in [3.8, 4) is 0 Å². The fourth-order valence-corrected chi connectivity index (χ4v) is 2.35. The van der Waals surface area contributed by atoms with Crippen LogP contribution < -0.4 is 0 Å². The molecule has 0 spiro atoms. The molecule has 1 aromatic rings. The van der Waals surface area contributed by atoms with Crippen molar-refractivity contribution in [2.45, 2.75) is 39.0 Å². The molecule has 0 atom stereocenters. The van der Waals surface area contributed by atoms with Gasteiger partial charge in [-0.05, 0) is 15.9 Å². The van der Waals surface area contributed by atoms with Crippen molar-refractivity contribution < 1.29 is 17.9 Å². The summed E-state index contributed by atoms with van der Waals surface area (Å²) in [6, 6.07) is 0. The zero-order valence-corrected chi connectivity index (χ0v) is 13.1. The van der Waals surface area contributed by atoms with Crippen LogP contribution in [0.2, 0.25) is 0 Å². The number of alkyl halides is 3. The topological polar surface area (TPSA) is 37.9 Å². The van der Waals surface area contributed by atoms with E-state index in [-0.39, 0.29) is 17.8 Å². The molecule has 19 heavy (non-hydrogen) atoms. The van der Waals surface area contributed by atoms with Crippen LogP contribution in [-0.2, 0) is 16.8 Å². The molecule has 0 saturated heterocycles. The van der Waals surface area contributed by atoms with E-state index in [1.807, 2.05) is 20.8 Å². The first-order valence-corrected chi connectivity index (χ1v) is 6.64. The third kappa shape index (κ3) is 5.19. The highest BCUT2D eigenvalue weighted by Gasteiger charge is 2.27. The fourth-order valence-electron chi connectivity index (χ4n) is 1.35. The second-order valence-electron chi connectivity index (χ2n) is 5.04. The van der Waals surface area contributed by atoms with Gasteiger partial charge in [-0.2, -0.15) is 13.2 Å². The summed E-state index contributed by atoms with van der Waals surface area (Å²) in [6.07, 6.45) is -4.35. The number of rotatable bonds is 3. The van der Waals surface area contributed by atoms with Gasteiger partial charge in [0.15, 0.2) is 0 Å². The number of nitrogens with zero attached hydrogens (tertiary/aromatic N) is 1. The maximum atomic E-state index is 12.0. The second kappa shape index (κ2) is 5.88. The highest BCUT2D eigenvalue weighted by atomic mass is 79.9. The van der Waals surface area contributed by atoms with E-state index >= 15 is 0 Å². The van der Waals surface area contributed by atoms with Gasteiger partial charge < -0.3 is 9.72 Å². The van der Waals surface area contributed by atoms with Gasteiger partial charge in [-0.25, -0.2) is 4.98 Å². The molecular formula is C11H14BrF3N2OS. The molecule has 0 aliphatic rings. The van der Waals surface area contributed by atoms with E-state index in [0.717, 1.165) is 5.69 Å². The molecule has 3 nitrogen and oxygen atoms in total. The van der Waals surface area contributed by atoms with Crippen LogP contribution in [0.15, 0.2) is 4.47 Å². The Morgan fingerprint density at radius 3 is 2.37 bits per heavy atom. The quantitative estimate of drug-likeness (QED) is 0.819. The van der Waals surface area contributed by atoms with E-state index in [4.69, 9.17) is 12.2 Å². The number of H-pyrrole nitrogens is 1.